The summed E-state index contributed by atoms with van der Waals surface area (Å²) in [6, 6.07) is 9.88. The number of rotatable bonds is 2. The average Bonchev–Trinajstić information content (AvgIpc) is 2.86. The lowest BCUT2D eigenvalue weighted by atomic mass is 10.0. The van der Waals surface area contributed by atoms with Crippen molar-refractivity contribution in [1.82, 2.24) is 4.90 Å². The van der Waals surface area contributed by atoms with E-state index < -0.39 is 0 Å². The van der Waals surface area contributed by atoms with Gasteiger partial charge in [0, 0.05) is 31.9 Å². The van der Waals surface area contributed by atoms with E-state index >= 15 is 0 Å². The molecule has 0 saturated carbocycles. The van der Waals surface area contributed by atoms with Crippen molar-refractivity contribution in [2.24, 2.45) is 0 Å². The molecule has 99 valence electrons. The Balaban J connectivity index is 1.86. The van der Waals surface area contributed by atoms with Crippen molar-refractivity contribution >= 4 is 17.0 Å². The summed E-state index contributed by atoms with van der Waals surface area (Å²) in [5, 5.41) is 4.42. The molecule has 1 saturated heterocycles. The molecule has 0 spiro atoms. The highest BCUT2D eigenvalue weighted by atomic mass is 32.1. The SMILES string of the molecule is Cc1cscc1-c1[c]ccc(N2CCN(C)CC2)c1. The number of thiophene rings is 1. The van der Waals surface area contributed by atoms with Crippen LogP contribution in [-0.2, 0) is 0 Å². The average molecular weight is 271 g/mol. The van der Waals surface area contributed by atoms with Crippen LogP contribution in [0.25, 0.3) is 11.1 Å². The normalized spacial score (nSPS) is 16.8. The number of benzene rings is 1. The van der Waals surface area contributed by atoms with Crippen molar-refractivity contribution in [3.63, 3.8) is 0 Å². The first-order valence-electron chi connectivity index (χ1n) is 6.72. The van der Waals surface area contributed by atoms with Gasteiger partial charge in [-0.15, -0.1) is 0 Å². The highest BCUT2D eigenvalue weighted by molar-refractivity contribution is 7.08. The lowest BCUT2D eigenvalue weighted by Crippen LogP contribution is -2.44. The van der Waals surface area contributed by atoms with E-state index in [1.807, 2.05) is 0 Å². The fourth-order valence-corrected chi connectivity index (χ4v) is 3.36. The monoisotopic (exact) mass is 271 g/mol. The third kappa shape index (κ3) is 2.67. The first-order chi connectivity index (χ1) is 9.24. The van der Waals surface area contributed by atoms with Gasteiger partial charge in [-0.25, -0.2) is 0 Å². The zero-order chi connectivity index (χ0) is 13.2. The molecule has 3 heteroatoms. The minimum absolute atomic E-state index is 1.11. The molecule has 0 N–H and O–H groups in total. The first-order valence-corrected chi connectivity index (χ1v) is 7.67. The Morgan fingerprint density at radius 3 is 2.63 bits per heavy atom. The third-order valence-electron chi connectivity index (χ3n) is 3.80. The fourth-order valence-electron chi connectivity index (χ4n) is 2.51. The number of aryl methyl sites for hydroxylation is 1. The lowest BCUT2D eigenvalue weighted by Gasteiger charge is -2.34. The Hall–Kier alpha value is -1.32. The van der Waals surface area contributed by atoms with E-state index in [2.05, 4.69) is 58.8 Å². The number of likely N-dealkylation sites (N-methyl/N-ethyl adjacent to an activating group) is 1. The molecule has 2 aromatic rings. The van der Waals surface area contributed by atoms with Crippen molar-refractivity contribution in [3.05, 3.63) is 40.6 Å². The molecular formula is C16H19N2S. The molecule has 3 rings (SSSR count). The van der Waals surface area contributed by atoms with Crippen molar-refractivity contribution in [1.29, 1.82) is 0 Å². The molecule has 1 aromatic carbocycles. The van der Waals surface area contributed by atoms with Crippen LogP contribution in [0.1, 0.15) is 5.56 Å². The van der Waals surface area contributed by atoms with Crippen LogP contribution in [-0.4, -0.2) is 38.1 Å². The Labute approximate surface area is 119 Å². The largest absolute Gasteiger partial charge is 0.369 e. The maximum absolute atomic E-state index is 3.37. The molecule has 2 heterocycles. The molecule has 1 aliphatic rings. The topological polar surface area (TPSA) is 6.48 Å². The van der Waals surface area contributed by atoms with Crippen LogP contribution in [0.2, 0.25) is 0 Å². The van der Waals surface area contributed by atoms with Crippen molar-refractivity contribution < 1.29 is 0 Å². The Kier molecular flexibility index (Phi) is 3.58. The highest BCUT2D eigenvalue weighted by Gasteiger charge is 2.15. The summed E-state index contributed by atoms with van der Waals surface area (Å²) in [4.78, 5) is 4.86. The first kappa shape index (κ1) is 12.7. The van der Waals surface area contributed by atoms with Crippen molar-refractivity contribution in [2.45, 2.75) is 6.92 Å². The van der Waals surface area contributed by atoms with E-state index in [1.165, 1.54) is 22.4 Å². The number of nitrogens with zero attached hydrogens (tertiary/aromatic N) is 2. The van der Waals surface area contributed by atoms with E-state index in [-0.39, 0.29) is 0 Å². The Morgan fingerprint density at radius 1 is 1.16 bits per heavy atom. The summed E-state index contributed by atoms with van der Waals surface area (Å²) in [5.41, 5.74) is 5.21. The van der Waals surface area contributed by atoms with Gasteiger partial charge in [-0.05, 0) is 59.6 Å². The second kappa shape index (κ2) is 5.35. The molecule has 1 radical (unpaired) electrons. The van der Waals surface area contributed by atoms with Crippen LogP contribution < -0.4 is 4.90 Å². The number of piperazine rings is 1. The summed E-state index contributed by atoms with van der Waals surface area (Å²) >= 11 is 1.76. The van der Waals surface area contributed by atoms with Crippen LogP contribution in [0.4, 0.5) is 5.69 Å². The zero-order valence-electron chi connectivity index (χ0n) is 11.5. The van der Waals surface area contributed by atoms with Crippen molar-refractivity contribution in [3.8, 4) is 11.1 Å². The summed E-state index contributed by atoms with van der Waals surface area (Å²) < 4.78 is 0. The van der Waals surface area contributed by atoms with Gasteiger partial charge < -0.3 is 9.80 Å². The molecule has 0 bridgehead atoms. The van der Waals surface area contributed by atoms with Gasteiger partial charge in [-0.3, -0.25) is 0 Å². The molecule has 0 atom stereocenters. The summed E-state index contributed by atoms with van der Waals surface area (Å²) in [6.45, 7) is 6.68. The number of anilines is 1. The quantitative estimate of drug-likeness (QED) is 0.827. The molecule has 0 amide bonds. The van der Waals surface area contributed by atoms with E-state index in [1.54, 1.807) is 11.3 Å². The molecule has 0 unspecified atom stereocenters. The van der Waals surface area contributed by atoms with Gasteiger partial charge in [-0.1, -0.05) is 6.07 Å². The van der Waals surface area contributed by atoms with E-state index in [0.717, 1.165) is 26.2 Å². The van der Waals surface area contributed by atoms with Crippen LogP contribution in [0.15, 0.2) is 29.0 Å². The van der Waals surface area contributed by atoms with Gasteiger partial charge in [0.1, 0.15) is 0 Å². The molecular weight excluding hydrogens is 252 g/mol. The molecule has 1 fully saturated rings. The lowest BCUT2D eigenvalue weighted by molar-refractivity contribution is 0.313. The van der Waals surface area contributed by atoms with Crippen LogP contribution in [0.5, 0.6) is 0 Å². The predicted octanol–water partition coefficient (Wildman–Crippen LogP) is 3.28. The summed E-state index contributed by atoms with van der Waals surface area (Å²) in [5.74, 6) is 0. The molecule has 1 aliphatic heterocycles. The molecule has 1 aromatic heterocycles. The smallest absolute Gasteiger partial charge is 0.0373 e. The maximum atomic E-state index is 3.37. The second-order valence-electron chi connectivity index (χ2n) is 5.22. The molecule has 2 nitrogen and oxygen atoms in total. The molecule has 19 heavy (non-hydrogen) atoms. The van der Waals surface area contributed by atoms with Crippen LogP contribution in [0.3, 0.4) is 0 Å². The maximum Gasteiger partial charge on any atom is 0.0373 e. The zero-order valence-corrected chi connectivity index (χ0v) is 12.3. The second-order valence-corrected chi connectivity index (χ2v) is 5.96. The van der Waals surface area contributed by atoms with Crippen molar-refractivity contribution in [2.75, 3.05) is 38.1 Å². The predicted molar refractivity (Wildman–Crippen MR) is 83.0 cm³/mol. The van der Waals surface area contributed by atoms with Crippen LogP contribution >= 0.6 is 11.3 Å². The van der Waals surface area contributed by atoms with Gasteiger partial charge in [0.15, 0.2) is 0 Å². The summed E-state index contributed by atoms with van der Waals surface area (Å²) in [7, 11) is 2.19. The van der Waals surface area contributed by atoms with Gasteiger partial charge in [0.05, 0.1) is 0 Å². The molecule has 0 aliphatic carbocycles. The summed E-state index contributed by atoms with van der Waals surface area (Å²) in [6.07, 6.45) is 0. The third-order valence-corrected chi connectivity index (χ3v) is 4.66. The highest BCUT2D eigenvalue weighted by Crippen LogP contribution is 2.29. The minimum atomic E-state index is 1.11. The van der Waals surface area contributed by atoms with Gasteiger partial charge in [0.25, 0.3) is 0 Å². The van der Waals surface area contributed by atoms with E-state index in [9.17, 15) is 0 Å². The van der Waals surface area contributed by atoms with Gasteiger partial charge in [0.2, 0.25) is 0 Å². The Morgan fingerprint density at radius 2 is 1.95 bits per heavy atom. The van der Waals surface area contributed by atoms with Gasteiger partial charge in [-0.2, -0.15) is 11.3 Å². The van der Waals surface area contributed by atoms with E-state index in [0.29, 0.717) is 0 Å². The fraction of sp³-hybridized carbons (Fsp3) is 0.375. The van der Waals surface area contributed by atoms with E-state index in [4.69, 9.17) is 0 Å². The number of hydrogen-bond donors (Lipinski definition) is 0. The standard InChI is InChI=1S/C16H19N2S/c1-13-11-19-12-16(13)14-4-3-5-15(10-14)18-8-6-17(2)7-9-18/h3,5,10-12H,6-9H2,1-2H3. The van der Waals surface area contributed by atoms with Crippen LogP contribution in [0, 0.1) is 13.0 Å². The van der Waals surface area contributed by atoms with Gasteiger partial charge >= 0.3 is 0 Å². The minimum Gasteiger partial charge on any atom is -0.369 e. The number of hydrogen-bond acceptors (Lipinski definition) is 3. The Bertz CT molecular complexity index is 553.